The number of anilines is 1. The van der Waals surface area contributed by atoms with E-state index in [0.717, 1.165) is 0 Å². The quantitative estimate of drug-likeness (QED) is 0.518. The Morgan fingerprint density at radius 2 is 1.67 bits per heavy atom. The molecule has 0 spiro atoms. The summed E-state index contributed by atoms with van der Waals surface area (Å²) in [7, 11) is 3.06. The summed E-state index contributed by atoms with van der Waals surface area (Å²) >= 11 is 0. The van der Waals surface area contributed by atoms with Crippen LogP contribution in [0.1, 0.15) is 26.3 Å². The molecule has 1 aliphatic rings. The molecule has 0 aromatic heterocycles. The average molecular weight is 455 g/mol. The second-order valence-corrected chi connectivity index (χ2v) is 7.56. The number of carbonyl (C=O) groups excluding carboxylic acids is 2. The third-order valence-corrected chi connectivity index (χ3v) is 5.05. The monoisotopic (exact) mass is 454 g/mol. The Bertz CT molecular complexity index is 1050. The molecule has 0 atom stereocenters. The SMILES string of the molecule is CCOc1ccccc1NC1=C(c2ccc(OC)c(OC)c2)C(=O)N(CCOC(C)C)C1=O. The first kappa shape index (κ1) is 24.1. The van der Waals surface area contributed by atoms with E-state index in [1.54, 1.807) is 30.3 Å². The van der Waals surface area contributed by atoms with Gasteiger partial charge in [0.1, 0.15) is 11.4 Å². The Morgan fingerprint density at radius 1 is 0.939 bits per heavy atom. The fourth-order valence-electron chi connectivity index (χ4n) is 3.52. The minimum absolute atomic E-state index is 0.00764. The van der Waals surface area contributed by atoms with E-state index in [-0.39, 0.29) is 30.5 Å². The lowest BCUT2D eigenvalue weighted by molar-refractivity contribution is -0.137. The second kappa shape index (κ2) is 10.9. The topological polar surface area (TPSA) is 86.3 Å². The fraction of sp³-hybridized carbons (Fsp3) is 0.360. The van der Waals surface area contributed by atoms with Crippen LogP contribution in [-0.2, 0) is 14.3 Å². The molecule has 2 aromatic rings. The molecular weight excluding hydrogens is 424 g/mol. The molecule has 0 saturated heterocycles. The molecule has 0 saturated carbocycles. The number of nitrogens with one attached hydrogen (secondary N) is 1. The molecule has 8 nitrogen and oxygen atoms in total. The number of methoxy groups -OCH3 is 2. The standard InChI is InChI=1S/C25H30N2O6/c1-6-32-19-10-8-7-9-18(19)26-23-22(17-11-12-20(30-4)21(15-17)31-5)24(28)27(25(23)29)13-14-33-16(2)3/h7-12,15-16,26H,6,13-14H2,1-5H3. The molecule has 0 fully saturated rings. The molecule has 2 aromatic carbocycles. The van der Waals surface area contributed by atoms with Gasteiger partial charge in [0.05, 0.1) is 51.3 Å². The first-order valence-corrected chi connectivity index (χ1v) is 10.8. The van der Waals surface area contributed by atoms with E-state index in [1.165, 1.54) is 19.1 Å². The van der Waals surface area contributed by atoms with Crippen molar-refractivity contribution >= 4 is 23.1 Å². The smallest absolute Gasteiger partial charge is 0.278 e. The van der Waals surface area contributed by atoms with Gasteiger partial charge in [-0.1, -0.05) is 18.2 Å². The lowest BCUT2D eigenvalue weighted by atomic mass is 10.0. The van der Waals surface area contributed by atoms with Gasteiger partial charge in [0.25, 0.3) is 11.8 Å². The Kier molecular flexibility index (Phi) is 7.95. The summed E-state index contributed by atoms with van der Waals surface area (Å²) in [4.78, 5) is 28.0. The maximum absolute atomic E-state index is 13.4. The number of ether oxygens (including phenoxy) is 4. The van der Waals surface area contributed by atoms with Gasteiger partial charge >= 0.3 is 0 Å². The lowest BCUT2D eigenvalue weighted by Gasteiger charge is -2.17. The van der Waals surface area contributed by atoms with Crippen LogP contribution in [0.3, 0.4) is 0 Å². The molecular formula is C25H30N2O6. The van der Waals surface area contributed by atoms with E-state index in [2.05, 4.69) is 5.32 Å². The van der Waals surface area contributed by atoms with Crippen molar-refractivity contribution < 1.29 is 28.5 Å². The molecule has 1 heterocycles. The summed E-state index contributed by atoms with van der Waals surface area (Å²) in [6.45, 7) is 6.54. The zero-order valence-electron chi connectivity index (χ0n) is 19.6. The minimum Gasteiger partial charge on any atom is -0.493 e. The van der Waals surface area contributed by atoms with Crippen molar-refractivity contribution in [2.24, 2.45) is 0 Å². The molecule has 176 valence electrons. The van der Waals surface area contributed by atoms with Gasteiger partial charge < -0.3 is 24.3 Å². The predicted octanol–water partition coefficient (Wildman–Crippen LogP) is 3.72. The van der Waals surface area contributed by atoms with Crippen LogP contribution in [0.5, 0.6) is 17.2 Å². The number of imide groups is 1. The van der Waals surface area contributed by atoms with Crippen molar-refractivity contribution in [3.8, 4) is 17.2 Å². The highest BCUT2D eigenvalue weighted by molar-refractivity contribution is 6.36. The molecule has 1 aliphatic heterocycles. The van der Waals surface area contributed by atoms with Crippen LogP contribution in [0.2, 0.25) is 0 Å². The Morgan fingerprint density at radius 3 is 2.33 bits per heavy atom. The van der Waals surface area contributed by atoms with Gasteiger partial charge in [-0.15, -0.1) is 0 Å². The Balaban J connectivity index is 2.05. The van der Waals surface area contributed by atoms with Gasteiger partial charge in [-0.2, -0.15) is 0 Å². The van der Waals surface area contributed by atoms with E-state index < -0.39 is 11.8 Å². The van der Waals surface area contributed by atoms with Crippen LogP contribution < -0.4 is 19.5 Å². The van der Waals surface area contributed by atoms with Gasteiger partial charge in [-0.05, 0) is 50.6 Å². The highest BCUT2D eigenvalue weighted by Crippen LogP contribution is 2.36. The Labute approximate surface area is 194 Å². The summed E-state index contributed by atoms with van der Waals surface area (Å²) in [6, 6.07) is 12.4. The number of benzene rings is 2. The third kappa shape index (κ3) is 5.28. The number of para-hydroxylation sites is 2. The van der Waals surface area contributed by atoms with Crippen molar-refractivity contribution in [3.05, 3.63) is 53.7 Å². The molecule has 1 N–H and O–H groups in total. The van der Waals surface area contributed by atoms with Gasteiger partial charge in [0, 0.05) is 0 Å². The van der Waals surface area contributed by atoms with Crippen molar-refractivity contribution in [1.29, 1.82) is 0 Å². The van der Waals surface area contributed by atoms with Gasteiger partial charge in [-0.25, -0.2) is 0 Å². The number of carbonyl (C=O) groups is 2. The number of amides is 2. The van der Waals surface area contributed by atoms with Crippen molar-refractivity contribution in [2.75, 3.05) is 39.3 Å². The second-order valence-electron chi connectivity index (χ2n) is 7.56. The van der Waals surface area contributed by atoms with E-state index >= 15 is 0 Å². The lowest BCUT2D eigenvalue weighted by Crippen LogP contribution is -2.35. The van der Waals surface area contributed by atoms with Crippen LogP contribution in [-0.4, -0.2) is 56.8 Å². The van der Waals surface area contributed by atoms with Gasteiger partial charge in [0.2, 0.25) is 0 Å². The van der Waals surface area contributed by atoms with Crippen LogP contribution in [0, 0.1) is 0 Å². The first-order valence-electron chi connectivity index (χ1n) is 10.8. The molecule has 0 bridgehead atoms. The van der Waals surface area contributed by atoms with E-state index in [0.29, 0.717) is 35.1 Å². The Hall–Kier alpha value is -3.52. The van der Waals surface area contributed by atoms with Gasteiger partial charge in [0.15, 0.2) is 11.5 Å². The van der Waals surface area contributed by atoms with Gasteiger partial charge in [-0.3, -0.25) is 14.5 Å². The molecule has 0 aliphatic carbocycles. The summed E-state index contributed by atoms with van der Waals surface area (Å²) in [6.07, 6.45) is -0.00764. The normalized spacial score (nSPS) is 13.7. The van der Waals surface area contributed by atoms with Crippen LogP contribution in [0.25, 0.3) is 5.57 Å². The predicted molar refractivity (Wildman–Crippen MR) is 126 cm³/mol. The zero-order valence-corrected chi connectivity index (χ0v) is 19.6. The highest BCUT2D eigenvalue weighted by atomic mass is 16.5. The number of hydrogen-bond donors (Lipinski definition) is 1. The first-order chi connectivity index (χ1) is 15.9. The summed E-state index contributed by atoms with van der Waals surface area (Å²) < 4.78 is 22.0. The number of rotatable bonds is 11. The van der Waals surface area contributed by atoms with Crippen molar-refractivity contribution in [3.63, 3.8) is 0 Å². The minimum atomic E-state index is -0.427. The van der Waals surface area contributed by atoms with Crippen LogP contribution >= 0.6 is 0 Å². The zero-order chi connectivity index (χ0) is 24.0. The number of nitrogens with zero attached hydrogens (tertiary/aromatic N) is 1. The molecule has 0 unspecified atom stereocenters. The molecule has 0 radical (unpaired) electrons. The van der Waals surface area contributed by atoms with Crippen molar-refractivity contribution in [2.45, 2.75) is 26.9 Å². The molecule has 33 heavy (non-hydrogen) atoms. The van der Waals surface area contributed by atoms with Crippen molar-refractivity contribution in [1.82, 2.24) is 4.90 Å². The van der Waals surface area contributed by atoms with E-state index in [1.807, 2.05) is 32.9 Å². The highest BCUT2D eigenvalue weighted by Gasteiger charge is 2.39. The maximum atomic E-state index is 13.4. The van der Waals surface area contributed by atoms with Crippen LogP contribution in [0.15, 0.2) is 48.2 Å². The average Bonchev–Trinajstić information content (AvgIpc) is 3.04. The largest absolute Gasteiger partial charge is 0.493 e. The number of hydrogen-bond acceptors (Lipinski definition) is 7. The molecule has 3 rings (SSSR count). The van der Waals surface area contributed by atoms with Crippen LogP contribution in [0.4, 0.5) is 5.69 Å². The van der Waals surface area contributed by atoms with E-state index in [4.69, 9.17) is 18.9 Å². The third-order valence-electron chi connectivity index (χ3n) is 5.05. The van der Waals surface area contributed by atoms with E-state index in [9.17, 15) is 9.59 Å². The summed E-state index contributed by atoms with van der Waals surface area (Å²) in [5.41, 5.74) is 1.55. The molecule has 8 heteroatoms. The summed E-state index contributed by atoms with van der Waals surface area (Å²) in [5, 5.41) is 3.15. The fourth-order valence-corrected chi connectivity index (χ4v) is 3.52. The summed E-state index contributed by atoms with van der Waals surface area (Å²) in [5.74, 6) is 0.732. The maximum Gasteiger partial charge on any atom is 0.278 e. The molecule has 2 amide bonds.